The minimum absolute atomic E-state index is 0.00496. The fourth-order valence-electron chi connectivity index (χ4n) is 2.14. The van der Waals surface area contributed by atoms with E-state index >= 15 is 0 Å². The number of halogens is 1. The molecule has 1 amide bonds. The zero-order valence-electron chi connectivity index (χ0n) is 13.0. The fourth-order valence-corrected chi connectivity index (χ4v) is 2.72. The van der Waals surface area contributed by atoms with Crippen molar-refractivity contribution in [2.75, 3.05) is 5.32 Å². The summed E-state index contributed by atoms with van der Waals surface area (Å²) in [5.74, 6) is 0.00496. The number of hydrogen-bond donors (Lipinski definition) is 1. The number of hydrogen-bond acceptors (Lipinski definition) is 3. The summed E-state index contributed by atoms with van der Waals surface area (Å²) in [5, 5.41) is 4.42. The highest BCUT2D eigenvalue weighted by molar-refractivity contribution is 9.10. The van der Waals surface area contributed by atoms with E-state index in [2.05, 4.69) is 21.2 Å². The molecular formula is C17H18BrNO3. The van der Waals surface area contributed by atoms with Crippen molar-refractivity contribution in [1.82, 2.24) is 0 Å². The number of anilines is 1. The largest absolute Gasteiger partial charge is 0.444 e. The van der Waals surface area contributed by atoms with Crippen LogP contribution in [-0.2, 0) is 4.74 Å². The van der Waals surface area contributed by atoms with Gasteiger partial charge in [-0.1, -0.05) is 24.3 Å². The molecule has 2 aromatic carbocycles. The Morgan fingerprint density at radius 1 is 1.09 bits per heavy atom. The van der Waals surface area contributed by atoms with Gasteiger partial charge in [-0.3, -0.25) is 10.1 Å². The van der Waals surface area contributed by atoms with Crippen molar-refractivity contribution in [3.8, 4) is 0 Å². The fraction of sp³-hybridized carbons (Fsp3) is 0.294. The van der Waals surface area contributed by atoms with Crippen molar-refractivity contribution in [2.24, 2.45) is 0 Å². The van der Waals surface area contributed by atoms with Crippen LogP contribution in [0.25, 0.3) is 10.8 Å². The molecule has 0 fully saturated rings. The number of ketones is 1. The Morgan fingerprint density at radius 2 is 1.77 bits per heavy atom. The molecule has 0 radical (unpaired) electrons. The maximum Gasteiger partial charge on any atom is 0.412 e. The van der Waals surface area contributed by atoms with E-state index in [1.165, 1.54) is 6.92 Å². The highest BCUT2D eigenvalue weighted by Gasteiger charge is 2.18. The predicted molar refractivity (Wildman–Crippen MR) is 91.5 cm³/mol. The number of rotatable bonds is 2. The summed E-state index contributed by atoms with van der Waals surface area (Å²) in [5.41, 5.74) is 0.694. The molecule has 5 heteroatoms. The Labute approximate surface area is 138 Å². The third-order valence-electron chi connectivity index (χ3n) is 3.01. The summed E-state index contributed by atoms with van der Waals surface area (Å²) in [7, 11) is 0. The topological polar surface area (TPSA) is 55.4 Å². The van der Waals surface area contributed by atoms with Crippen LogP contribution in [0.3, 0.4) is 0 Å². The molecule has 0 heterocycles. The van der Waals surface area contributed by atoms with Gasteiger partial charge in [0.25, 0.3) is 0 Å². The van der Waals surface area contributed by atoms with Crippen molar-refractivity contribution < 1.29 is 14.3 Å². The van der Waals surface area contributed by atoms with E-state index in [0.717, 1.165) is 15.2 Å². The van der Waals surface area contributed by atoms with Crippen molar-refractivity contribution >= 4 is 44.3 Å². The molecule has 2 rings (SSSR count). The average Bonchev–Trinajstić information content (AvgIpc) is 2.39. The van der Waals surface area contributed by atoms with Gasteiger partial charge in [-0.15, -0.1) is 0 Å². The molecule has 0 saturated heterocycles. The first-order chi connectivity index (χ1) is 10.2. The second-order valence-corrected chi connectivity index (χ2v) is 6.80. The Bertz CT molecular complexity index is 747. The Balaban J connectivity index is 2.40. The SMILES string of the molecule is CC(=O)c1cccc2c(Br)c(NC(=O)OC(C)(C)C)ccc12. The van der Waals surface area contributed by atoms with Crippen LogP contribution in [0, 0.1) is 0 Å². The molecule has 0 aromatic heterocycles. The van der Waals surface area contributed by atoms with Gasteiger partial charge in [0.1, 0.15) is 5.60 Å². The first-order valence-corrected chi connectivity index (χ1v) is 7.70. The van der Waals surface area contributed by atoms with Crippen LogP contribution in [0.5, 0.6) is 0 Å². The second kappa shape index (κ2) is 6.08. The van der Waals surface area contributed by atoms with E-state index in [1.54, 1.807) is 32.9 Å². The van der Waals surface area contributed by atoms with Gasteiger partial charge in [-0.25, -0.2) is 4.79 Å². The van der Waals surface area contributed by atoms with Crippen LogP contribution < -0.4 is 5.32 Å². The van der Waals surface area contributed by atoms with Gasteiger partial charge < -0.3 is 4.74 Å². The molecule has 0 atom stereocenters. The van der Waals surface area contributed by atoms with E-state index in [1.807, 2.05) is 18.2 Å². The molecule has 0 aliphatic carbocycles. The van der Waals surface area contributed by atoms with Crippen LogP contribution in [-0.4, -0.2) is 17.5 Å². The molecule has 0 aliphatic rings. The molecular weight excluding hydrogens is 346 g/mol. The number of nitrogens with one attached hydrogen (secondary N) is 1. The van der Waals surface area contributed by atoms with Crippen molar-refractivity contribution in [3.05, 3.63) is 40.4 Å². The number of fused-ring (bicyclic) bond motifs is 1. The van der Waals surface area contributed by atoms with Crippen LogP contribution >= 0.6 is 15.9 Å². The lowest BCUT2D eigenvalue weighted by molar-refractivity contribution is 0.0635. The van der Waals surface area contributed by atoms with Crippen LogP contribution in [0.15, 0.2) is 34.8 Å². The van der Waals surface area contributed by atoms with Crippen LogP contribution in [0.1, 0.15) is 38.1 Å². The molecule has 22 heavy (non-hydrogen) atoms. The lowest BCUT2D eigenvalue weighted by Crippen LogP contribution is -2.27. The van der Waals surface area contributed by atoms with Gasteiger partial charge in [0.15, 0.2) is 5.78 Å². The van der Waals surface area contributed by atoms with E-state index in [4.69, 9.17) is 4.74 Å². The molecule has 0 unspecified atom stereocenters. The average molecular weight is 364 g/mol. The van der Waals surface area contributed by atoms with Crippen LogP contribution in [0.2, 0.25) is 0 Å². The van der Waals surface area contributed by atoms with Gasteiger partial charge in [-0.05, 0) is 60.5 Å². The molecule has 0 spiro atoms. The monoisotopic (exact) mass is 363 g/mol. The van der Waals surface area contributed by atoms with Crippen molar-refractivity contribution in [2.45, 2.75) is 33.3 Å². The predicted octanol–water partition coefficient (Wildman–Crippen LogP) is 5.15. The number of carbonyl (C=O) groups is 2. The lowest BCUT2D eigenvalue weighted by atomic mass is 10.0. The Hall–Kier alpha value is -1.88. The minimum atomic E-state index is -0.560. The van der Waals surface area contributed by atoms with Crippen molar-refractivity contribution in [3.63, 3.8) is 0 Å². The highest BCUT2D eigenvalue weighted by atomic mass is 79.9. The summed E-state index contributed by atoms with van der Waals surface area (Å²) in [6.07, 6.45) is -0.518. The lowest BCUT2D eigenvalue weighted by Gasteiger charge is -2.20. The van der Waals surface area contributed by atoms with Gasteiger partial charge in [0.05, 0.1) is 5.69 Å². The summed E-state index contributed by atoms with van der Waals surface area (Å²) < 4.78 is 5.97. The zero-order chi connectivity index (χ0) is 16.5. The van der Waals surface area contributed by atoms with Gasteiger partial charge >= 0.3 is 6.09 Å². The number of amides is 1. The normalized spacial score (nSPS) is 11.3. The van der Waals surface area contributed by atoms with E-state index in [-0.39, 0.29) is 5.78 Å². The van der Waals surface area contributed by atoms with E-state index in [9.17, 15) is 9.59 Å². The summed E-state index contributed by atoms with van der Waals surface area (Å²) >= 11 is 3.49. The maximum atomic E-state index is 11.9. The zero-order valence-corrected chi connectivity index (χ0v) is 14.6. The number of carbonyl (C=O) groups excluding carboxylic acids is 2. The first kappa shape index (κ1) is 16.5. The quantitative estimate of drug-likeness (QED) is 0.750. The maximum absolute atomic E-state index is 11.9. The Morgan fingerprint density at radius 3 is 2.36 bits per heavy atom. The van der Waals surface area contributed by atoms with Gasteiger partial charge in [0.2, 0.25) is 0 Å². The highest BCUT2D eigenvalue weighted by Crippen LogP contribution is 2.33. The standard InChI is InChI=1S/C17H18BrNO3/c1-10(20)11-6-5-7-13-12(11)8-9-14(15(13)18)19-16(21)22-17(2,3)4/h5-9H,1-4H3,(H,19,21). The Kier molecular flexibility index (Phi) is 4.56. The number of ether oxygens (including phenoxy) is 1. The molecule has 0 aliphatic heterocycles. The smallest absolute Gasteiger partial charge is 0.412 e. The summed E-state index contributed by atoms with van der Waals surface area (Å²) in [6.45, 7) is 6.96. The third kappa shape index (κ3) is 3.65. The molecule has 116 valence electrons. The van der Waals surface area contributed by atoms with Gasteiger partial charge in [0, 0.05) is 10.0 Å². The molecule has 2 aromatic rings. The number of Topliss-reactive ketones (excluding diaryl/α,β-unsaturated/α-hetero) is 1. The molecule has 0 bridgehead atoms. The molecule has 0 saturated carbocycles. The van der Waals surface area contributed by atoms with Crippen molar-refractivity contribution in [1.29, 1.82) is 0 Å². The summed E-state index contributed by atoms with van der Waals surface area (Å²) in [6, 6.07) is 9.08. The third-order valence-corrected chi connectivity index (χ3v) is 3.86. The molecule has 4 nitrogen and oxygen atoms in total. The van der Waals surface area contributed by atoms with E-state index in [0.29, 0.717) is 11.3 Å². The van der Waals surface area contributed by atoms with E-state index < -0.39 is 11.7 Å². The summed E-state index contributed by atoms with van der Waals surface area (Å²) in [4.78, 5) is 23.6. The van der Waals surface area contributed by atoms with Gasteiger partial charge in [-0.2, -0.15) is 0 Å². The molecule has 1 N–H and O–H groups in total. The first-order valence-electron chi connectivity index (χ1n) is 6.91. The second-order valence-electron chi connectivity index (χ2n) is 6.01. The van der Waals surface area contributed by atoms with Crippen LogP contribution in [0.4, 0.5) is 10.5 Å². The number of benzene rings is 2. The minimum Gasteiger partial charge on any atom is -0.444 e.